The van der Waals surface area contributed by atoms with E-state index in [4.69, 9.17) is 9.47 Å². The molecule has 9 nitrogen and oxygen atoms in total. The Morgan fingerprint density at radius 2 is 1.81 bits per heavy atom. The summed E-state index contributed by atoms with van der Waals surface area (Å²) in [5.74, 6) is 1.61. The molecule has 0 spiro atoms. The molecule has 3 heterocycles. The second kappa shape index (κ2) is 9.31. The third-order valence-corrected chi connectivity index (χ3v) is 5.11. The quantitative estimate of drug-likeness (QED) is 0.598. The minimum absolute atomic E-state index is 0.0361. The van der Waals surface area contributed by atoms with Gasteiger partial charge >= 0.3 is 0 Å². The molecular weight excluding hydrogens is 413 g/mol. The first-order valence-electron chi connectivity index (χ1n) is 10.4. The molecule has 1 aliphatic rings. The van der Waals surface area contributed by atoms with E-state index in [-0.39, 0.29) is 18.0 Å². The monoisotopic (exact) mass is 439 g/mol. The zero-order valence-electron chi connectivity index (χ0n) is 18.5. The average Bonchev–Trinajstić information content (AvgIpc) is 2.80. The number of halogens is 1. The molecule has 32 heavy (non-hydrogen) atoms. The van der Waals surface area contributed by atoms with Gasteiger partial charge < -0.3 is 25.0 Å². The zero-order valence-corrected chi connectivity index (χ0v) is 18.5. The van der Waals surface area contributed by atoms with Crippen LogP contribution in [0.15, 0.2) is 36.5 Å². The molecule has 0 bridgehead atoms. The maximum Gasteiger partial charge on any atom is 0.227 e. The summed E-state index contributed by atoms with van der Waals surface area (Å²) in [5, 5.41) is 14.4. The fraction of sp³-hybridized carbons (Fsp3) is 0.364. The van der Waals surface area contributed by atoms with E-state index in [1.807, 2.05) is 43.0 Å². The molecule has 168 valence electrons. The molecule has 3 aromatic rings. The van der Waals surface area contributed by atoms with Crippen molar-refractivity contribution in [1.29, 1.82) is 0 Å². The number of rotatable bonds is 6. The first-order chi connectivity index (χ1) is 15.5. The van der Waals surface area contributed by atoms with E-state index in [0.717, 1.165) is 23.1 Å². The van der Waals surface area contributed by atoms with Crippen molar-refractivity contribution in [3.05, 3.63) is 42.3 Å². The summed E-state index contributed by atoms with van der Waals surface area (Å²) in [4.78, 5) is 10.6. The largest absolute Gasteiger partial charge is 0.497 e. The average molecular weight is 439 g/mol. The van der Waals surface area contributed by atoms with Crippen molar-refractivity contribution in [3.8, 4) is 16.9 Å². The highest BCUT2D eigenvalue weighted by molar-refractivity contribution is 5.78. The van der Waals surface area contributed by atoms with Crippen molar-refractivity contribution in [1.82, 2.24) is 20.2 Å². The molecule has 4 rings (SSSR count). The summed E-state index contributed by atoms with van der Waals surface area (Å²) in [7, 11) is 3.39. The highest BCUT2D eigenvalue weighted by Crippen LogP contribution is 2.30. The van der Waals surface area contributed by atoms with Crippen LogP contribution in [0.25, 0.3) is 11.1 Å². The highest BCUT2D eigenvalue weighted by atomic mass is 19.1. The van der Waals surface area contributed by atoms with Crippen LogP contribution in [0.3, 0.4) is 0 Å². The second-order valence-electron chi connectivity index (χ2n) is 7.62. The molecule has 0 aliphatic carbocycles. The van der Waals surface area contributed by atoms with Gasteiger partial charge in [0.25, 0.3) is 0 Å². The van der Waals surface area contributed by atoms with Crippen LogP contribution >= 0.6 is 0 Å². The molecule has 1 saturated heterocycles. The van der Waals surface area contributed by atoms with Gasteiger partial charge in [-0.1, -0.05) is 12.1 Å². The van der Waals surface area contributed by atoms with Gasteiger partial charge in [-0.15, -0.1) is 10.2 Å². The summed E-state index contributed by atoms with van der Waals surface area (Å²) in [5.41, 5.74) is 1.71. The maximum absolute atomic E-state index is 14.5. The lowest BCUT2D eigenvalue weighted by Crippen LogP contribution is -2.46. The Balaban J connectivity index is 1.62. The fourth-order valence-corrected chi connectivity index (χ4v) is 3.69. The van der Waals surface area contributed by atoms with Crippen molar-refractivity contribution in [2.75, 3.05) is 42.8 Å². The van der Waals surface area contributed by atoms with Crippen molar-refractivity contribution in [3.63, 3.8) is 0 Å². The molecule has 1 aliphatic heterocycles. The van der Waals surface area contributed by atoms with E-state index in [2.05, 4.69) is 30.8 Å². The van der Waals surface area contributed by atoms with E-state index >= 15 is 0 Å². The van der Waals surface area contributed by atoms with Crippen molar-refractivity contribution >= 4 is 23.4 Å². The Hall–Kier alpha value is -3.53. The molecule has 10 heteroatoms. The smallest absolute Gasteiger partial charge is 0.227 e. The SMILES string of the molecule is CNc1nnc(Nc2nc(N3C[C@@H](C)O[C@@H](C)C3)ncc2F)cc1-c1ccc(OC)cc1. The Morgan fingerprint density at radius 1 is 1.09 bits per heavy atom. The van der Waals surface area contributed by atoms with Crippen LogP contribution in [0.2, 0.25) is 0 Å². The van der Waals surface area contributed by atoms with Crippen LogP contribution in [0.4, 0.5) is 27.8 Å². The number of benzene rings is 1. The first-order valence-corrected chi connectivity index (χ1v) is 10.4. The van der Waals surface area contributed by atoms with Crippen LogP contribution in [-0.4, -0.2) is 59.6 Å². The minimum Gasteiger partial charge on any atom is -0.497 e. The second-order valence-corrected chi connectivity index (χ2v) is 7.62. The van der Waals surface area contributed by atoms with Crippen molar-refractivity contribution in [2.45, 2.75) is 26.1 Å². The predicted molar refractivity (Wildman–Crippen MR) is 121 cm³/mol. The molecule has 0 unspecified atom stereocenters. The number of aromatic nitrogens is 4. The van der Waals surface area contributed by atoms with E-state index in [1.165, 1.54) is 0 Å². The van der Waals surface area contributed by atoms with E-state index in [9.17, 15) is 4.39 Å². The van der Waals surface area contributed by atoms with E-state index in [1.54, 1.807) is 20.2 Å². The molecule has 2 atom stereocenters. The first kappa shape index (κ1) is 21.7. The zero-order chi connectivity index (χ0) is 22.7. The Labute approximate surface area is 186 Å². The van der Waals surface area contributed by atoms with Crippen LogP contribution in [0, 0.1) is 5.82 Å². The molecular formula is C22H26FN7O2. The number of nitrogens with zero attached hydrogens (tertiary/aromatic N) is 5. The normalized spacial score (nSPS) is 18.3. The summed E-state index contributed by atoms with van der Waals surface area (Å²) in [6, 6.07) is 9.36. The number of morpholine rings is 1. The third kappa shape index (κ3) is 4.70. The molecule has 1 aromatic carbocycles. The van der Waals surface area contributed by atoms with Gasteiger partial charge in [-0.3, -0.25) is 0 Å². The summed E-state index contributed by atoms with van der Waals surface area (Å²) in [6.45, 7) is 5.25. The summed E-state index contributed by atoms with van der Waals surface area (Å²) >= 11 is 0. The Kier molecular flexibility index (Phi) is 6.31. The molecule has 0 saturated carbocycles. The summed E-state index contributed by atoms with van der Waals surface area (Å²) < 4.78 is 25.5. The van der Waals surface area contributed by atoms with Crippen LogP contribution < -0.4 is 20.3 Å². The van der Waals surface area contributed by atoms with E-state index < -0.39 is 5.82 Å². The molecule has 2 aromatic heterocycles. The number of hydrogen-bond acceptors (Lipinski definition) is 9. The predicted octanol–water partition coefficient (Wildman–Crippen LogP) is 3.48. The molecule has 1 fully saturated rings. The summed E-state index contributed by atoms with van der Waals surface area (Å²) in [6.07, 6.45) is 1.24. The number of methoxy groups -OCH3 is 1. The number of hydrogen-bond donors (Lipinski definition) is 2. The van der Waals surface area contributed by atoms with Gasteiger partial charge in [0, 0.05) is 25.7 Å². The van der Waals surface area contributed by atoms with Crippen molar-refractivity contribution < 1.29 is 13.9 Å². The standard InChI is InChI=1S/C22H26FN7O2/c1-13-11-30(12-14(2)32-13)22-25-10-18(23)21(27-22)26-19-9-17(20(24-3)29-28-19)15-5-7-16(31-4)8-6-15/h5-10,13-14H,11-12H2,1-4H3,(H,24,29)(H,25,26,27,28)/t13-,14+. The lowest BCUT2D eigenvalue weighted by atomic mass is 10.1. The number of anilines is 4. The lowest BCUT2D eigenvalue weighted by molar-refractivity contribution is -0.00572. The van der Waals surface area contributed by atoms with Gasteiger partial charge in [-0.05, 0) is 37.6 Å². The van der Waals surface area contributed by atoms with Gasteiger partial charge in [-0.2, -0.15) is 4.98 Å². The van der Waals surface area contributed by atoms with Gasteiger partial charge in [0.2, 0.25) is 5.95 Å². The molecule has 2 N–H and O–H groups in total. The third-order valence-electron chi connectivity index (χ3n) is 5.11. The Morgan fingerprint density at radius 3 is 2.47 bits per heavy atom. The van der Waals surface area contributed by atoms with Gasteiger partial charge in [0.05, 0.1) is 25.5 Å². The minimum atomic E-state index is -0.575. The lowest BCUT2D eigenvalue weighted by Gasteiger charge is -2.35. The van der Waals surface area contributed by atoms with Crippen LogP contribution in [-0.2, 0) is 4.74 Å². The molecule has 0 amide bonds. The maximum atomic E-state index is 14.5. The Bertz CT molecular complexity index is 1070. The fourth-order valence-electron chi connectivity index (χ4n) is 3.69. The van der Waals surface area contributed by atoms with Crippen molar-refractivity contribution in [2.24, 2.45) is 0 Å². The van der Waals surface area contributed by atoms with Gasteiger partial charge in [-0.25, -0.2) is 9.37 Å². The molecule has 0 radical (unpaired) electrons. The van der Waals surface area contributed by atoms with Crippen LogP contribution in [0.5, 0.6) is 5.75 Å². The highest BCUT2D eigenvalue weighted by Gasteiger charge is 2.25. The van der Waals surface area contributed by atoms with Gasteiger partial charge in [0.15, 0.2) is 23.3 Å². The number of ether oxygens (including phenoxy) is 2. The van der Waals surface area contributed by atoms with Crippen LogP contribution in [0.1, 0.15) is 13.8 Å². The van der Waals surface area contributed by atoms with Gasteiger partial charge in [0.1, 0.15) is 5.75 Å². The van der Waals surface area contributed by atoms with E-state index in [0.29, 0.717) is 30.7 Å². The number of nitrogens with one attached hydrogen (secondary N) is 2. The topological polar surface area (TPSA) is 97.3 Å².